The van der Waals surface area contributed by atoms with Gasteiger partial charge in [-0.1, -0.05) is 24.3 Å². The summed E-state index contributed by atoms with van der Waals surface area (Å²) in [6, 6.07) is 16.0. The summed E-state index contributed by atoms with van der Waals surface area (Å²) in [6.45, 7) is 2.12. The van der Waals surface area contributed by atoms with Gasteiger partial charge in [-0.2, -0.15) is 4.98 Å². The fraction of sp³-hybridized carbons (Fsp3) is 0.182. The molecule has 0 aliphatic rings. The van der Waals surface area contributed by atoms with E-state index in [2.05, 4.69) is 4.98 Å². The van der Waals surface area contributed by atoms with Crippen LogP contribution in [-0.2, 0) is 6.61 Å². The second-order valence-electron chi connectivity index (χ2n) is 6.62. The number of nitrogens with one attached hydrogen (secondary N) is 1. The maximum Gasteiger partial charge on any atom is 0.350 e. The number of aromatic nitrogens is 1. The number of nitrogens with zero attached hydrogens (tertiary/aromatic N) is 2. The van der Waals surface area contributed by atoms with Gasteiger partial charge in [-0.25, -0.2) is 21.5 Å². The van der Waals surface area contributed by atoms with Crippen LogP contribution in [0.3, 0.4) is 0 Å². The molecule has 0 fully saturated rings. The van der Waals surface area contributed by atoms with Crippen molar-refractivity contribution in [3.05, 3.63) is 65.7 Å². The van der Waals surface area contributed by atoms with Crippen molar-refractivity contribution in [2.75, 3.05) is 19.2 Å². The summed E-state index contributed by atoms with van der Waals surface area (Å²) in [5.41, 5.74) is 5.89. The van der Waals surface area contributed by atoms with E-state index < -0.39 is 6.03 Å². The fourth-order valence-corrected chi connectivity index (χ4v) is 3.10. The van der Waals surface area contributed by atoms with Crippen LogP contribution in [0.15, 0.2) is 54.6 Å². The first-order chi connectivity index (χ1) is 15.0. The highest BCUT2D eigenvalue weighted by molar-refractivity contribution is 5.91. The van der Waals surface area contributed by atoms with Crippen molar-refractivity contribution >= 4 is 11.7 Å². The molecular weight excluding hydrogens is 398 g/mol. The lowest BCUT2D eigenvalue weighted by Gasteiger charge is -2.21. The number of methoxy groups -OCH3 is 2. The van der Waals surface area contributed by atoms with Gasteiger partial charge in [0.15, 0.2) is 0 Å². The first-order valence-electron chi connectivity index (χ1n) is 9.44. The highest BCUT2D eigenvalue weighted by Crippen LogP contribution is 2.33. The van der Waals surface area contributed by atoms with E-state index >= 15 is 0 Å². The minimum Gasteiger partial charge on any atom is -0.489 e. The van der Waals surface area contributed by atoms with Crippen molar-refractivity contribution in [3.63, 3.8) is 0 Å². The Morgan fingerprint density at radius 1 is 1.10 bits per heavy atom. The van der Waals surface area contributed by atoms with Gasteiger partial charge < -0.3 is 14.2 Å². The molecule has 1 heterocycles. The van der Waals surface area contributed by atoms with Gasteiger partial charge in [-0.3, -0.25) is 5.43 Å². The molecule has 2 amide bonds. The molecule has 2 aromatic carbocycles. The summed E-state index contributed by atoms with van der Waals surface area (Å²) >= 11 is 0. The molecule has 0 saturated heterocycles. The van der Waals surface area contributed by atoms with Crippen molar-refractivity contribution in [2.45, 2.75) is 13.5 Å². The lowest BCUT2D eigenvalue weighted by atomic mass is 10.1. The van der Waals surface area contributed by atoms with E-state index in [-0.39, 0.29) is 6.61 Å². The first-order valence-corrected chi connectivity index (χ1v) is 9.44. The predicted octanol–water partition coefficient (Wildman–Crippen LogP) is 2.92. The number of aryl methyl sites for hydroxylation is 1. The fourth-order valence-electron chi connectivity index (χ4n) is 3.10. The molecule has 0 atom stereocenters. The number of urea groups is 1. The molecule has 0 saturated carbocycles. The van der Waals surface area contributed by atoms with Gasteiger partial charge in [-0.15, -0.1) is 0 Å². The largest absolute Gasteiger partial charge is 0.489 e. The number of hydrazine groups is 2. The number of carbonyl (C=O) groups is 1. The second-order valence-corrected chi connectivity index (χ2v) is 6.62. The number of amides is 2. The SMILES string of the molecule is COc1ccc(-c2cccc(OCc3c(C)cccc3N(N)C(=O)NN)c2)c(OC)n1. The van der Waals surface area contributed by atoms with Gasteiger partial charge in [0.1, 0.15) is 12.4 Å². The van der Waals surface area contributed by atoms with Crippen molar-refractivity contribution in [2.24, 2.45) is 11.7 Å². The van der Waals surface area contributed by atoms with E-state index in [0.29, 0.717) is 23.2 Å². The Balaban J connectivity index is 1.86. The molecule has 9 nitrogen and oxygen atoms in total. The summed E-state index contributed by atoms with van der Waals surface area (Å²) in [5, 5.41) is 0.954. The molecular formula is C22H25N5O4. The van der Waals surface area contributed by atoms with E-state index in [1.807, 2.05) is 48.7 Å². The normalized spacial score (nSPS) is 10.4. The minimum absolute atomic E-state index is 0.203. The summed E-state index contributed by atoms with van der Waals surface area (Å²) in [4.78, 5) is 16.2. The molecule has 9 heteroatoms. The molecule has 0 spiro atoms. The van der Waals surface area contributed by atoms with Crippen molar-refractivity contribution < 1.29 is 19.0 Å². The smallest absolute Gasteiger partial charge is 0.350 e. The molecule has 3 rings (SSSR count). The number of benzene rings is 2. The van der Waals surface area contributed by atoms with E-state index in [1.165, 1.54) is 0 Å². The quantitative estimate of drug-likeness (QED) is 0.303. The molecule has 5 N–H and O–H groups in total. The first kappa shape index (κ1) is 21.9. The third kappa shape index (κ3) is 4.85. The topological polar surface area (TPSA) is 125 Å². The van der Waals surface area contributed by atoms with E-state index in [1.54, 1.807) is 32.4 Å². The molecule has 0 radical (unpaired) electrons. The van der Waals surface area contributed by atoms with E-state index in [4.69, 9.17) is 25.9 Å². The lowest BCUT2D eigenvalue weighted by molar-refractivity contribution is 0.246. The molecule has 0 aliphatic heterocycles. The third-order valence-corrected chi connectivity index (χ3v) is 4.75. The minimum atomic E-state index is -0.632. The van der Waals surface area contributed by atoms with Crippen molar-refractivity contribution in [1.82, 2.24) is 10.4 Å². The van der Waals surface area contributed by atoms with Crippen LogP contribution in [0.5, 0.6) is 17.5 Å². The summed E-state index contributed by atoms with van der Waals surface area (Å²) < 4.78 is 16.6. The maximum atomic E-state index is 11.9. The number of nitrogens with two attached hydrogens (primary N) is 2. The van der Waals surface area contributed by atoms with Crippen LogP contribution in [0.2, 0.25) is 0 Å². The highest BCUT2D eigenvalue weighted by atomic mass is 16.5. The zero-order chi connectivity index (χ0) is 22.4. The maximum absolute atomic E-state index is 11.9. The van der Waals surface area contributed by atoms with Crippen LogP contribution >= 0.6 is 0 Å². The van der Waals surface area contributed by atoms with Crippen LogP contribution < -0.4 is 36.3 Å². The van der Waals surface area contributed by atoms with Gasteiger partial charge in [0.05, 0.1) is 19.9 Å². The van der Waals surface area contributed by atoms with E-state index in [9.17, 15) is 4.79 Å². The van der Waals surface area contributed by atoms with Crippen LogP contribution in [0, 0.1) is 6.92 Å². The van der Waals surface area contributed by atoms with Crippen molar-refractivity contribution in [1.29, 1.82) is 0 Å². The number of rotatable bonds is 7. The zero-order valence-electron chi connectivity index (χ0n) is 17.6. The van der Waals surface area contributed by atoms with Crippen LogP contribution in [0.25, 0.3) is 11.1 Å². The Bertz CT molecular complexity index is 1070. The van der Waals surface area contributed by atoms with Gasteiger partial charge >= 0.3 is 6.03 Å². The van der Waals surface area contributed by atoms with Crippen LogP contribution in [-0.4, -0.2) is 25.2 Å². The highest BCUT2D eigenvalue weighted by Gasteiger charge is 2.17. The van der Waals surface area contributed by atoms with Gasteiger partial charge in [0.2, 0.25) is 11.8 Å². The number of hydrogen-bond acceptors (Lipinski definition) is 7. The molecule has 0 unspecified atom stereocenters. The van der Waals surface area contributed by atoms with Gasteiger partial charge in [0.25, 0.3) is 0 Å². The molecule has 0 bridgehead atoms. The molecule has 31 heavy (non-hydrogen) atoms. The standard InChI is InChI=1S/C22H25N5O4/c1-14-6-4-9-19(27(24)22(28)26-23)18(14)13-31-16-8-5-7-15(12-16)17-10-11-20(29-2)25-21(17)30-3/h4-12H,13,23-24H2,1-3H3,(H,26,28). The second kappa shape index (κ2) is 9.79. The average Bonchev–Trinajstić information content (AvgIpc) is 2.81. The lowest BCUT2D eigenvalue weighted by Crippen LogP contribution is -2.48. The number of carbonyl (C=O) groups excluding carboxylic acids is 1. The number of anilines is 1. The molecule has 3 aromatic rings. The summed E-state index contributed by atoms with van der Waals surface area (Å²) in [6.07, 6.45) is 0. The van der Waals surface area contributed by atoms with Crippen LogP contribution in [0.1, 0.15) is 11.1 Å². The Hall–Kier alpha value is -3.82. The number of pyridine rings is 1. The zero-order valence-corrected chi connectivity index (χ0v) is 17.6. The van der Waals surface area contributed by atoms with Crippen LogP contribution in [0.4, 0.5) is 10.5 Å². The Kier molecular flexibility index (Phi) is 6.91. The monoisotopic (exact) mass is 423 g/mol. The Labute approximate surface area is 180 Å². The summed E-state index contributed by atoms with van der Waals surface area (Å²) in [7, 11) is 3.11. The Morgan fingerprint density at radius 2 is 1.87 bits per heavy atom. The number of hydrogen-bond donors (Lipinski definition) is 3. The third-order valence-electron chi connectivity index (χ3n) is 4.75. The number of ether oxygens (including phenoxy) is 3. The average molecular weight is 423 g/mol. The van der Waals surface area contributed by atoms with Crippen molar-refractivity contribution in [3.8, 4) is 28.6 Å². The van der Waals surface area contributed by atoms with E-state index in [0.717, 1.165) is 27.3 Å². The predicted molar refractivity (Wildman–Crippen MR) is 118 cm³/mol. The molecule has 0 aliphatic carbocycles. The molecule has 1 aromatic heterocycles. The summed E-state index contributed by atoms with van der Waals surface area (Å²) in [5.74, 6) is 12.6. The van der Waals surface area contributed by atoms with Gasteiger partial charge in [-0.05, 0) is 42.3 Å². The molecule has 162 valence electrons. The Morgan fingerprint density at radius 3 is 2.58 bits per heavy atom. The van der Waals surface area contributed by atoms with Gasteiger partial charge in [0, 0.05) is 17.2 Å².